The molecule has 1 aliphatic heterocycles. The number of ether oxygens (including phenoxy) is 1. The molecule has 3 aromatic rings. The number of esters is 1. The summed E-state index contributed by atoms with van der Waals surface area (Å²) in [5, 5.41) is 11.5. The lowest BCUT2D eigenvalue weighted by Gasteiger charge is -2.36. The van der Waals surface area contributed by atoms with Crippen molar-refractivity contribution in [2.45, 2.75) is 71.8 Å². The van der Waals surface area contributed by atoms with E-state index in [1.54, 1.807) is 25.3 Å². The first-order valence-electron chi connectivity index (χ1n) is 14.4. The molecule has 0 amide bonds. The van der Waals surface area contributed by atoms with E-state index in [-0.39, 0.29) is 6.61 Å². The number of hydrogen-bond donors (Lipinski definition) is 1. The second kappa shape index (κ2) is 11.8. The third-order valence-corrected chi connectivity index (χ3v) is 8.58. The number of benzene rings is 1. The first-order valence-corrected chi connectivity index (χ1v) is 15.2. The molecule has 3 heterocycles. The Morgan fingerprint density at radius 2 is 1.86 bits per heavy atom. The number of pyridine rings is 1. The Labute approximate surface area is 252 Å². The largest absolute Gasteiger partial charge is 0.465 e. The molecule has 1 saturated heterocycles. The quantitative estimate of drug-likeness (QED) is 0.267. The van der Waals surface area contributed by atoms with Gasteiger partial charge in [-0.05, 0) is 56.0 Å². The molecule has 1 saturated carbocycles. The van der Waals surface area contributed by atoms with Gasteiger partial charge in [-0.1, -0.05) is 29.8 Å². The standard InChI is InChI=1S/C31H38BrF3N4O3/c1-19(40)28-25(14-23(16-36-28)38-11-9-37(10-12-38)22-6-7-22)29-26(15-30(3,4)18-42-20(2)41)24-13-21(32)5-8-27(24)39(29)17-31(33,34)35/h5,8,13-14,16,19,22,40H,6-7,9-12,15,17-18H2,1-4H3/t19-/m0/s1. The molecule has 1 atom stereocenters. The molecular weight excluding hydrogens is 613 g/mol. The number of piperazine rings is 1. The summed E-state index contributed by atoms with van der Waals surface area (Å²) in [7, 11) is 0. The van der Waals surface area contributed by atoms with Gasteiger partial charge in [0.25, 0.3) is 0 Å². The number of carbonyl (C=O) groups is 1. The fraction of sp³-hybridized carbons (Fsp3) is 0.548. The molecular formula is C31H38BrF3N4O3. The highest BCUT2D eigenvalue weighted by Gasteiger charge is 2.35. The van der Waals surface area contributed by atoms with Crippen LogP contribution in [0.2, 0.25) is 0 Å². The Kier molecular flexibility index (Phi) is 8.66. The topological polar surface area (TPSA) is 70.8 Å². The molecule has 42 heavy (non-hydrogen) atoms. The summed E-state index contributed by atoms with van der Waals surface area (Å²) < 4.78 is 49.9. The highest BCUT2D eigenvalue weighted by molar-refractivity contribution is 9.10. The molecule has 2 aromatic heterocycles. The van der Waals surface area contributed by atoms with Crippen LogP contribution in [0.15, 0.2) is 34.9 Å². The summed E-state index contributed by atoms with van der Waals surface area (Å²) in [6.07, 6.45) is -0.969. The lowest BCUT2D eigenvalue weighted by atomic mass is 9.84. The van der Waals surface area contributed by atoms with E-state index in [1.165, 1.54) is 24.3 Å². The lowest BCUT2D eigenvalue weighted by molar-refractivity contribution is -0.144. The molecule has 2 fully saturated rings. The molecule has 2 aliphatic rings. The van der Waals surface area contributed by atoms with Crippen molar-refractivity contribution in [1.29, 1.82) is 0 Å². The van der Waals surface area contributed by atoms with E-state index in [4.69, 9.17) is 4.74 Å². The average molecular weight is 652 g/mol. The molecule has 5 rings (SSSR count). The van der Waals surface area contributed by atoms with Gasteiger partial charge < -0.3 is 19.3 Å². The van der Waals surface area contributed by atoms with Gasteiger partial charge in [0, 0.05) is 65.5 Å². The predicted octanol–water partition coefficient (Wildman–Crippen LogP) is 6.50. The van der Waals surface area contributed by atoms with Crippen molar-refractivity contribution in [3.8, 4) is 11.3 Å². The van der Waals surface area contributed by atoms with Crippen molar-refractivity contribution in [2.75, 3.05) is 37.7 Å². The first kappa shape index (κ1) is 30.8. The molecule has 228 valence electrons. The van der Waals surface area contributed by atoms with Crippen molar-refractivity contribution < 1.29 is 27.8 Å². The summed E-state index contributed by atoms with van der Waals surface area (Å²) in [6.45, 7) is 9.12. The Morgan fingerprint density at radius 1 is 1.17 bits per heavy atom. The normalized spacial score (nSPS) is 17.6. The molecule has 1 aliphatic carbocycles. The number of alkyl halides is 3. The number of aliphatic hydroxyl groups excluding tert-OH is 1. The Hall–Kier alpha value is -2.63. The number of aromatic nitrogens is 2. The summed E-state index contributed by atoms with van der Waals surface area (Å²) in [5.41, 5.74) is 2.52. The summed E-state index contributed by atoms with van der Waals surface area (Å²) in [6, 6.07) is 7.82. The molecule has 0 radical (unpaired) electrons. The number of nitrogens with zero attached hydrogens (tertiary/aromatic N) is 4. The van der Waals surface area contributed by atoms with Gasteiger partial charge in [-0.25, -0.2) is 0 Å². The second-order valence-corrected chi connectivity index (χ2v) is 13.3. The molecule has 0 bridgehead atoms. The Morgan fingerprint density at radius 3 is 2.45 bits per heavy atom. The molecule has 11 heteroatoms. The monoisotopic (exact) mass is 650 g/mol. The highest BCUT2D eigenvalue weighted by atomic mass is 79.9. The van der Waals surface area contributed by atoms with Gasteiger partial charge >= 0.3 is 12.1 Å². The zero-order valence-electron chi connectivity index (χ0n) is 24.5. The third kappa shape index (κ3) is 6.94. The van der Waals surface area contributed by atoms with Gasteiger partial charge in [0.1, 0.15) is 6.54 Å². The van der Waals surface area contributed by atoms with Crippen LogP contribution in [-0.2, 0) is 22.5 Å². The van der Waals surface area contributed by atoms with Gasteiger partial charge in [-0.15, -0.1) is 0 Å². The molecule has 7 nitrogen and oxygen atoms in total. The SMILES string of the molecule is CC(=O)OCC(C)(C)Cc1c(-c2cc(N3CCN(C4CC4)CC3)cnc2[C@H](C)O)n(CC(F)(F)F)c2ccc(Br)cc12. The van der Waals surface area contributed by atoms with Crippen LogP contribution in [0.5, 0.6) is 0 Å². The van der Waals surface area contributed by atoms with E-state index in [9.17, 15) is 23.1 Å². The zero-order chi connectivity index (χ0) is 30.4. The van der Waals surface area contributed by atoms with E-state index < -0.39 is 30.2 Å². The number of carbonyl (C=O) groups excluding carboxylic acids is 1. The van der Waals surface area contributed by atoms with Crippen LogP contribution in [0, 0.1) is 5.41 Å². The summed E-state index contributed by atoms with van der Waals surface area (Å²) in [5.74, 6) is -0.416. The lowest BCUT2D eigenvalue weighted by Crippen LogP contribution is -2.47. The minimum absolute atomic E-state index is 0.106. The van der Waals surface area contributed by atoms with Crippen LogP contribution in [0.3, 0.4) is 0 Å². The highest BCUT2D eigenvalue weighted by Crippen LogP contribution is 2.43. The number of aliphatic hydroxyl groups is 1. The van der Waals surface area contributed by atoms with Gasteiger partial charge in [0.15, 0.2) is 0 Å². The number of anilines is 1. The van der Waals surface area contributed by atoms with Crippen LogP contribution in [0.25, 0.3) is 22.2 Å². The van der Waals surface area contributed by atoms with E-state index in [1.807, 2.05) is 26.0 Å². The van der Waals surface area contributed by atoms with Crippen molar-refractivity contribution in [2.24, 2.45) is 5.41 Å². The van der Waals surface area contributed by atoms with Crippen molar-refractivity contribution in [3.63, 3.8) is 0 Å². The fourth-order valence-electron chi connectivity index (χ4n) is 6.00. The molecule has 1 aromatic carbocycles. The Bertz CT molecular complexity index is 1460. The number of fused-ring (bicyclic) bond motifs is 1. The van der Waals surface area contributed by atoms with Crippen molar-refractivity contribution in [1.82, 2.24) is 14.5 Å². The minimum Gasteiger partial charge on any atom is -0.465 e. The Balaban J connectivity index is 1.69. The van der Waals surface area contributed by atoms with Gasteiger partial charge in [0.05, 0.1) is 36.0 Å². The predicted molar refractivity (Wildman–Crippen MR) is 160 cm³/mol. The maximum Gasteiger partial charge on any atom is 0.406 e. The molecule has 0 spiro atoms. The van der Waals surface area contributed by atoms with Crippen molar-refractivity contribution in [3.05, 3.63) is 46.2 Å². The smallest absolute Gasteiger partial charge is 0.406 e. The van der Waals surface area contributed by atoms with Crippen LogP contribution in [0.4, 0.5) is 18.9 Å². The fourth-order valence-corrected chi connectivity index (χ4v) is 6.36. The van der Waals surface area contributed by atoms with Crippen LogP contribution in [-0.4, -0.2) is 70.5 Å². The minimum atomic E-state index is -4.49. The number of rotatable bonds is 9. The maximum atomic E-state index is 14.2. The van der Waals surface area contributed by atoms with Gasteiger partial charge in [-0.2, -0.15) is 13.2 Å². The van der Waals surface area contributed by atoms with E-state index in [2.05, 4.69) is 30.7 Å². The summed E-state index contributed by atoms with van der Waals surface area (Å²) >= 11 is 3.50. The molecule has 1 N–H and O–H groups in total. The van der Waals surface area contributed by atoms with Crippen LogP contribution in [0.1, 0.15) is 57.9 Å². The second-order valence-electron chi connectivity index (χ2n) is 12.4. The molecule has 0 unspecified atom stereocenters. The van der Waals surface area contributed by atoms with Gasteiger partial charge in [0.2, 0.25) is 0 Å². The number of halogens is 4. The van der Waals surface area contributed by atoms with Crippen LogP contribution >= 0.6 is 15.9 Å². The van der Waals surface area contributed by atoms with Crippen molar-refractivity contribution >= 4 is 38.5 Å². The first-order chi connectivity index (χ1) is 19.7. The van der Waals surface area contributed by atoms with E-state index in [0.29, 0.717) is 45.9 Å². The van der Waals surface area contributed by atoms with Crippen LogP contribution < -0.4 is 4.90 Å². The average Bonchev–Trinajstić information content (AvgIpc) is 3.72. The van der Waals surface area contributed by atoms with Gasteiger partial charge in [-0.3, -0.25) is 14.7 Å². The summed E-state index contributed by atoms with van der Waals surface area (Å²) in [4.78, 5) is 21.0. The zero-order valence-corrected chi connectivity index (χ0v) is 26.1. The van der Waals surface area contributed by atoms with E-state index in [0.717, 1.165) is 36.3 Å². The number of hydrogen-bond acceptors (Lipinski definition) is 6. The maximum absolute atomic E-state index is 14.2. The third-order valence-electron chi connectivity index (χ3n) is 8.09. The van der Waals surface area contributed by atoms with E-state index >= 15 is 0 Å².